The minimum Gasteiger partial charge on any atom is -0.480 e. The molecule has 4 nitrogen and oxygen atoms in total. The number of aliphatic carboxylic acids is 1. The second-order valence-corrected chi connectivity index (χ2v) is 3.54. The van der Waals surface area contributed by atoms with Gasteiger partial charge in [0.05, 0.1) is 0 Å². The molecule has 2 N–H and O–H groups in total. The Morgan fingerprint density at radius 1 is 1.20 bits per heavy atom. The number of amides is 1. The number of rotatable bonds is 9. The molecule has 1 amide bonds. The van der Waals surface area contributed by atoms with Gasteiger partial charge in [0.1, 0.15) is 6.54 Å². The van der Waals surface area contributed by atoms with Crippen LogP contribution in [-0.2, 0) is 9.59 Å². The van der Waals surface area contributed by atoms with E-state index in [2.05, 4.69) is 5.32 Å². The topological polar surface area (TPSA) is 66.4 Å². The molecule has 0 saturated heterocycles. The highest BCUT2D eigenvalue weighted by atomic mass is 16.4. The number of carboxylic acid groups (broad SMARTS) is 1. The van der Waals surface area contributed by atoms with Gasteiger partial charge >= 0.3 is 5.97 Å². The fraction of sp³-hybridized carbons (Fsp3) is 0.818. The van der Waals surface area contributed by atoms with Crippen molar-refractivity contribution in [2.24, 2.45) is 0 Å². The molecular weight excluding hydrogens is 194 g/mol. The quantitative estimate of drug-likeness (QED) is 0.579. The van der Waals surface area contributed by atoms with Gasteiger partial charge < -0.3 is 10.4 Å². The van der Waals surface area contributed by atoms with Crippen molar-refractivity contribution in [3.63, 3.8) is 0 Å². The molecule has 0 bridgehead atoms. The van der Waals surface area contributed by atoms with E-state index in [1.807, 2.05) is 0 Å². The van der Waals surface area contributed by atoms with Gasteiger partial charge in [0.25, 0.3) is 0 Å². The Kier molecular flexibility index (Phi) is 7.60. The molecule has 0 aliphatic rings. The fourth-order valence-corrected chi connectivity index (χ4v) is 1.26. The second-order valence-electron chi connectivity index (χ2n) is 3.54. The molecule has 15 heavy (non-hydrogen) atoms. The third-order valence-electron chi connectivity index (χ3n) is 2.09. The van der Waals surface area contributed by atoms with Crippen LogP contribution in [0.5, 0.6) is 0 Å². The second kappa shape index (κ2) is 9.49. The number of carboxylic acids is 1. The minimum atomic E-state index is -1.01. The first-order valence-electron chi connectivity index (χ1n) is 6.15. The maximum atomic E-state index is 11.1. The standard InChI is InChI=1S/C11H21NO3/c1-2-3-4-5-6-7-8-10(13)12-9-11(14)15/h2-9H2,1H3,(H,12,13)(H,14,15)/i1D. The van der Waals surface area contributed by atoms with Crippen LogP contribution in [0.15, 0.2) is 0 Å². The van der Waals surface area contributed by atoms with E-state index < -0.39 is 5.97 Å². The average molecular weight is 216 g/mol. The van der Waals surface area contributed by atoms with Crippen LogP contribution in [0, 0.1) is 0 Å². The number of carbonyl (C=O) groups is 2. The average Bonchev–Trinajstić information content (AvgIpc) is 2.25. The smallest absolute Gasteiger partial charge is 0.322 e. The number of hydrogen-bond acceptors (Lipinski definition) is 2. The normalized spacial score (nSPS) is 10.8. The molecule has 0 aliphatic heterocycles. The van der Waals surface area contributed by atoms with Gasteiger partial charge in [-0.1, -0.05) is 39.0 Å². The predicted molar refractivity (Wildman–Crippen MR) is 58.6 cm³/mol. The summed E-state index contributed by atoms with van der Waals surface area (Å²) in [5.74, 6) is -1.20. The van der Waals surface area contributed by atoms with Crippen molar-refractivity contribution >= 4 is 11.9 Å². The third-order valence-corrected chi connectivity index (χ3v) is 2.09. The van der Waals surface area contributed by atoms with E-state index in [4.69, 9.17) is 6.48 Å². The number of nitrogens with one attached hydrogen (secondary N) is 1. The van der Waals surface area contributed by atoms with Crippen LogP contribution < -0.4 is 5.32 Å². The molecule has 4 heteroatoms. The molecule has 0 rings (SSSR count). The Hall–Kier alpha value is -1.06. The Morgan fingerprint density at radius 2 is 1.87 bits per heavy atom. The lowest BCUT2D eigenvalue weighted by Gasteiger charge is -2.02. The van der Waals surface area contributed by atoms with E-state index >= 15 is 0 Å². The van der Waals surface area contributed by atoms with Gasteiger partial charge in [0.2, 0.25) is 5.91 Å². The van der Waals surface area contributed by atoms with Crippen LogP contribution in [0.3, 0.4) is 0 Å². The summed E-state index contributed by atoms with van der Waals surface area (Å²) >= 11 is 0. The highest BCUT2D eigenvalue weighted by Crippen LogP contribution is 2.06. The lowest BCUT2D eigenvalue weighted by atomic mass is 10.1. The molecule has 0 spiro atoms. The molecule has 88 valence electrons. The highest BCUT2D eigenvalue weighted by molar-refractivity contribution is 5.80. The minimum absolute atomic E-state index is 0.187. The van der Waals surface area contributed by atoms with Crippen molar-refractivity contribution in [3.05, 3.63) is 0 Å². The zero-order valence-electron chi connectivity index (χ0n) is 10.1. The molecule has 0 unspecified atom stereocenters. The van der Waals surface area contributed by atoms with Crippen molar-refractivity contribution < 1.29 is 16.1 Å². The summed E-state index contributed by atoms with van der Waals surface area (Å²) in [4.78, 5) is 21.2. The molecule has 0 atom stereocenters. The summed E-state index contributed by atoms with van der Waals surface area (Å²) in [5, 5.41) is 10.7. The number of hydrogen-bond donors (Lipinski definition) is 2. The third kappa shape index (κ3) is 10.9. The van der Waals surface area contributed by atoms with Crippen LogP contribution >= 0.6 is 0 Å². The van der Waals surface area contributed by atoms with Gasteiger partial charge in [-0.25, -0.2) is 0 Å². The molecular formula is C11H21NO3. The SMILES string of the molecule is [2H]CCCCCCCCC(=O)NCC(=O)O. The van der Waals surface area contributed by atoms with E-state index in [1.54, 1.807) is 0 Å². The molecule has 0 fully saturated rings. The van der Waals surface area contributed by atoms with Gasteiger partial charge in [-0.3, -0.25) is 9.59 Å². The molecule has 0 aliphatic carbocycles. The van der Waals surface area contributed by atoms with Gasteiger partial charge in [-0.2, -0.15) is 0 Å². The number of carbonyl (C=O) groups excluding carboxylic acids is 1. The van der Waals surface area contributed by atoms with Gasteiger partial charge in [0.15, 0.2) is 0 Å². The lowest BCUT2D eigenvalue weighted by Crippen LogP contribution is -2.28. The van der Waals surface area contributed by atoms with Crippen molar-refractivity contribution in [2.45, 2.75) is 51.8 Å². The molecule has 0 aromatic rings. The Morgan fingerprint density at radius 3 is 2.53 bits per heavy atom. The van der Waals surface area contributed by atoms with E-state index in [0.29, 0.717) is 13.3 Å². The van der Waals surface area contributed by atoms with Crippen LogP contribution in [0.2, 0.25) is 0 Å². The van der Waals surface area contributed by atoms with Crippen LogP contribution in [0.4, 0.5) is 0 Å². The summed E-state index contributed by atoms with van der Waals surface area (Å²) in [6.07, 6.45) is 6.48. The summed E-state index contributed by atoms with van der Waals surface area (Å²) in [6, 6.07) is 0. The Labute approximate surface area is 92.5 Å². The summed E-state index contributed by atoms with van der Waals surface area (Å²) < 4.78 is 6.96. The van der Waals surface area contributed by atoms with E-state index in [9.17, 15) is 9.59 Å². The van der Waals surface area contributed by atoms with Gasteiger partial charge in [-0.05, 0) is 6.42 Å². The molecule has 0 heterocycles. The largest absolute Gasteiger partial charge is 0.480 e. The van der Waals surface area contributed by atoms with E-state index in [1.165, 1.54) is 0 Å². The first-order chi connectivity index (χ1) is 7.66. The lowest BCUT2D eigenvalue weighted by molar-refractivity contribution is -0.137. The summed E-state index contributed by atoms with van der Waals surface area (Å²) in [7, 11) is 0. The van der Waals surface area contributed by atoms with Crippen LogP contribution in [0.25, 0.3) is 0 Å². The molecule has 0 saturated carbocycles. The van der Waals surface area contributed by atoms with E-state index in [0.717, 1.165) is 38.5 Å². The molecule has 0 radical (unpaired) electrons. The van der Waals surface area contributed by atoms with Crippen LogP contribution in [-0.4, -0.2) is 23.5 Å². The fourth-order valence-electron chi connectivity index (χ4n) is 1.26. The first-order valence-corrected chi connectivity index (χ1v) is 5.44. The molecule has 0 aromatic heterocycles. The van der Waals surface area contributed by atoms with Crippen molar-refractivity contribution in [1.29, 1.82) is 0 Å². The maximum absolute atomic E-state index is 11.1. The van der Waals surface area contributed by atoms with E-state index in [-0.39, 0.29) is 12.5 Å². The zero-order chi connectivity index (χ0) is 12.2. The maximum Gasteiger partial charge on any atom is 0.322 e. The zero-order valence-corrected chi connectivity index (χ0v) is 9.13. The van der Waals surface area contributed by atoms with Crippen molar-refractivity contribution in [2.75, 3.05) is 6.54 Å². The predicted octanol–water partition coefficient (Wildman–Crippen LogP) is 1.94. The Balaban J connectivity index is 3.18. The van der Waals surface area contributed by atoms with Crippen molar-refractivity contribution in [1.82, 2.24) is 5.32 Å². The number of unbranched alkanes of at least 4 members (excludes halogenated alkanes) is 5. The van der Waals surface area contributed by atoms with Crippen LogP contribution in [0.1, 0.15) is 53.2 Å². The van der Waals surface area contributed by atoms with Crippen molar-refractivity contribution in [3.8, 4) is 0 Å². The van der Waals surface area contributed by atoms with Gasteiger partial charge in [-0.15, -0.1) is 0 Å². The van der Waals surface area contributed by atoms with Gasteiger partial charge in [0, 0.05) is 7.79 Å². The summed E-state index contributed by atoms with van der Waals surface area (Å²) in [5.41, 5.74) is 0. The monoisotopic (exact) mass is 216 g/mol. The Bertz CT molecular complexity index is 209. The highest BCUT2D eigenvalue weighted by Gasteiger charge is 2.02. The first kappa shape index (κ1) is 12.0. The molecule has 0 aromatic carbocycles. The summed E-state index contributed by atoms with van der Waals surface area (Å²) in [6.45, 7) is 0.208.